The van der Waals surface area contributed by atoms with Crippen molar-refractivity contribution in [1.29, 1.82) is 0 Å². The zero-order valence-corrected chi connectivity index (χ0v) is 13.8. The maximum Gasteiger partial charge on any atom is 0.311 e. The first-order valence-electron chi connectivity index (χ1n) is 7.44. The summed E-state index contributed by atoms with van der Waals surface area (Å²) in [5.41, 5.74) is 0.590. The Bertz CT molecular complexity index is 791. The third kappa shape index (κ3) is 4.45. The first kappa shape index (κ1) is 18.2. The van der Waals surface area contributed by atoms with Crippen molar-refractivity contribution in [1.82, 2.24) is 0 Å². The molecule has 0 fully saturated rings. The number of aryl methyl sites for hydroxylation is 1. The van der Waals surface area contributed by atoms with Crippen molar-refractivity contribution < 1.29 is 24.3 Å². The Morgan fingerprint density at radius 3 is 2.72 bits per heavy atom. The number of phenols is 1. The van der Waals surface area contributed by atoms with E-state index in [1.807, 2.05) is 6.92 Å². The van der Waals surface area contributed by atoms with Gasteiger partial charge in [0.05, 0.1) is 22.8 Å². The van der Waals surface area contributed by atoms with Crippen LogP contribution < -0.4 is 10.1 Å². The minimum Gasteiger partial charge on any atom is -0.502 e. The van der Waals surface area contributed by atoms with Crippen LogP contribution in [-0.2, 0) is 4.74 Å². The number of methoxy groups -OCH3 is 1. The minimum absolute atomic E-state index is 0.197. The van der Waals surface area contributed by atoms with Crippen molar-refractivity contribution in [3.8, 4) is 11.5 Å². The Morgan fingerprint density at radius 1 is 1.28 bits per heavy atom. The van der Waals surface area contributed by atoms with Crippen molar-refractivity contribution in [2.45, 2.75) is 6.92 Å². The molecule has 0 saturated carbocycles. The van der Waals surface area contributed by atoms with Gasteiger partial charge in [0.2, 0.25) is 5.75 Å². The number of phenolic OH excluding ortho intramolecular Hbond substituents is 1. The van der Waals surface area contributed by atoms with Gasteiger partial charge in [-0.3, -0.25) is 14.9 Å². The number of carbonyl (C=O) groups excluding carboxylic acids is 1. The molecule has 0 heterocycles. The molecule has 0 radical (unpaired) electrons. The molecule has 25 heavy (non-hydrogen) atoms. The van der Waals surface area contributed by atoms with Gasteiger partial charge in [-0.15, -0.1) is 0 Å². The molecule has 1 amide bonds. The maximum absolute atomic E-state index is 12.4. The number of nitro benzene ring substituents is 1. The summed E-state index contributed by atoms with van der Waals surface area (Å²) in [6.45, 7) is 2.55. The first-order valence-corrected chi connectivity index (χ1v) is 7.44. The fourth-order valence-corrected chi connectivity index (χ4v) is 2.14. The molecule has 2 N–H and O–H groups in total. The Kier molecular flexibility index (Phi) is 5.91. The lowest BCUT2D eigenvalue weighted by Crippen LogP contribution is -2.14. The molecule has 0 bridgehead atoms. The number of hydrogen-bond acceptors (Lipinski definition) is 6. The molecule has 2 aromatic carbocycles. The summed E-state index contributed by atoms with van der Waals surface area (Å²) < 4.78 is 10.5. The third-order valence-electron chi connectivity index (χ3n) is 3.39. The number of para-hydroxylation sites is 1. The zero-order chi connectivity index (χ0) is 18.4. The highest BCUT2D eigenvalue weighted by atomic mass is 16.6. The van der Waals surface area contributed by atoms with Gasteiger partial charge in [0.25, 0.3) is 5.91 Å². The molecule has 0 aliphatic carbocycles. The van der Waals surface area contributed by atoms with E-state index in [9.17, 15) is 20.0 Å². The highest BCUT2D eigenvalue weighted by molar-refractivity contribution is 6.07. The van der Waals surface area contributed by atoms with Gasteiger partial charge in [-0.25, -0.2) is 0 Å². The molecule has 2 rings (SSSR count). The van der Waals surface area contributed by atoms with Crippen molar-refractivity contribution in [2.75, 3.05) is 25.6 Å². The first-order chi connectivity index (χ1) is 11.9. The van der Waals surface area contributed by atoms with Crippen LogP contribution in [0.2, 0.25) is 0 Å². The van der Waals surface area contributed by atoms with Gasteiger partial charge in [-0.1, -0.05) is 12.1 Å². The normalized spacial score (nSPS) is 10.3. The zero-order valence-electron chi connectivity index (χ0n) is 13.8. The summed E-state index contributed by atoms with van der Waals surface area (Å²) in [6.07, 6.45) is 0. The molecular formula is C17H18N2O6. The van der Waals surface area contributed by atoms with E-state index in [0.717, 1.165) is 11.6 Å². The molecule has 0 aromatic heterocycles. The van der Waals surface area contributed by atoms with Crippen LogP contribution in [0.15, 0.2) is 36.4 Å². The quantitative estimate of drug-likeness (QED) is 0.453. The van der Waals surface area contributed by atoms with Crippen LogP contribution in [0, 0.1) is 17.0 Å². The third-order valence-corrected chi connectivity index (χ3v) is 3.39. The Labute approximate surface area is 144 Å². The number of benzene rings is 2. The molecule has 0 atom stereocenters. The van der Waals surface area contributed by atoms with E-state index in [-0.39, 0.29) is 5.56 Å². The number of nitrogens with zero attached hydrogens (tertiary/aromatic N) is 1. The maximum atomic E-state index is 12.4. The van der Waals surface area contributed by atoms with Crippen LogP contribution in [0.4, 0.5) is 11.4 Å². The molecule has 0 aliphatic heterocycles. The van der Waals surface area contributed by atoms with Crippen LogP contribution in [0.5, 0.6) is 11.5 Å². The predicted octanol–water partition coefficient (Wildman–Crippen LogP) is 2.89. The van der Waals surface area contributed by atoms with Gasteiger partial charge < -0.3 is 19.9 Å². The second kappa shape index (κ2) is 8.11. The average molecular weight is 346 g/mol. The summed E-state index contributed by atoms with van der Waals surface area (Å²) in [7, 11) is 1.55. The fraction of sp³-hybridized carbons (Fsp3) is 0.235. The van der Waals surface area contributed by atoms with Gasteiger partial charge in [-0.05, 0) is 30.7 Å². The number of hydrogen-bond donors (Lipinski definition) is 2. The monoisotopic (exact) mass is 346 g/mol. The molecule has 0 spiro atoms. The van der Waals surface area contributed by atoms with Gasteiger partial charge >= 0.3 is 5.69 Å². The molecule has 132 valence electrons. The largest absolute Gasteiger partial charge is 0.502 e. The van der Waals surface area contributed by atoms with Gasteiger partial charge in [0.1, 0.15) is 12.4 Å². The van der Waals surface area contributed by atoms with Crippen molar-refractivity contribution >= 4 is 17.3 Å². The lowest BCUT2D eigenvalue weighted by atomic mass is 10.1. The Balaban J connectivity index is 2.26. The highest BCUT2D eigenvalue weighted by Gasteiger charge is 2.21. The summed E-state index contributed by atoms with van der Waals surface area (Å²) >= 11 is 0. The highest BCUT2D eigenvalue weighted by Crippen LogP contribution is 2.31. The Hall–Kier alpha value is -3.13. The minimum atomic E-state index is -0.753. The van der Waals surface area contributed by atoms with Crippen LogP contribution in [0.25, 0.3) is 0 Å². The van der Waals surface area contributed by atoms with Crippen LogP contribution in [0.1, 0.15) is 15.9 Å². The van der Waals surface area contributed by atoms with Gasteiger partial charge in [0, 0.05) is 13.2 Å². The van der Waals surface area contributed by atoms with E-state index < -0.39 is 22.3 Å². The lowest BCUT2D eigenvalue weighted by molar-refractivity contribution is -0.385. The average Bonchev–Trinajstić information content (AvgIpc) is 2.57. The number of ether oxygens (including phenoxy) is 2. The smallest absolute Gasteiger partial charge is 0.311 e. The van der Waals surface area contributed by atoms with Crippen molar-refractivity contribution in [3.63, 3.8) is 0 Å². The van der Waals surface area contributed by atoms with Gasteiger partial charge in [-0.2, -0.15) is 0 Å². The van der Waals surface area contributed by atoms with Crippen LogP contribution >= 0.6 is 0 Å². The summed E-state index contributed by atoms with van der Waals surface area (Å²) in [4.78, 5) is 22.5. The number of nitro groups is 1. The summed E-state index contributed by atoms with van der Waals surface area (Å²) in [5.74, 6) is -0.920. The van der Waals surface area contributed by atoms with E-state index in [1.165, 1.54) is 12.1 Å². The standard InChI is InChI=1S/C17H18N2O6/c1-11-6-7-13(15(10-11)25-9-8-24-2)18-17(21)12-4-3-5-14(16(12)20)19(22)23/h3-7,10,20H,8-9H2,1-2H3,(H,18,21). The summed E-state index contributed by atoms with van der Waals surface area (Å²) in [5, 5.41) is 23.4. The van der Waals surface area contributed by atoms with Crippen LogP contribution in [0.3, 0.4) is 0 Å². The van der Waals surface area contributed by atoms with E-state index >= 15 is 0 Å². The number of amides is 1. The number of nitrogens with one attached hydrogen (secondary N) is 1. The van der Waals surface area contributed by atoms with Crippen molar-refractivity contribution in [3.05, 3.63) is 57.6 Å². The molecule has 8 nitrogen and oxygen atoms in total. The predicted molar refractivity (Wildman–Crippen MR) is 91.3 cm³/mol. The number of aromatic hydroxyl groups is 1. The summed E-state index contributed by atoms with van der Waals surface area (Å²) in [6, 6.07) is 8.95. The fourth-order valence-electron chi connectivity index (χ4n) is 2.14. The second-order valence-electron chi connectivity index (χ2n) is 5.23. The topological polar surface area (TPSA) is 111 Å². The number of carbonyl (C=O) groups is 1. The number of rotatable bonds is 7. The SMILES string of the molecule is COCCOc1cc(C)ccc1NC(=O)c1cccc([N+](=O)[O-])c1O. The van der Waals surface area contributed by atoms with E-state index in [0.29, 0.717) is 24.7 Å². The van der Waals surface area contributed by atoms with E-state index in [2.05, 4.69) is 5.32 Å². The molecule has 0 saturated heterocycles. The lowest BCUT2D eigenvalue weighted by Gasteiger charge is -2.13. The molecule has 8 heteroatoms. The van der Waals surface area contributed by atoms with Crippen molar-refractivity contribution in [2.24, 2.45) is 0 Å². The van der Waals surface area contributed by atoms with Crippen LogP contribution in [-0.4, -0.2) is 36.3 Å². The molecule has 2 aromatic rings. The van der Waals surface area contributed by atoms with E-state index in [1.54, 1.807) is 25.3 Å². The second-order valence-corrected chi connectivity index (χ2v) is 5.23. The number of anilines is 1. The molecule has 0 unspecified atom stereocenters. The Morgan fingerprint density at radius 2 is 2.04 bits per heavy atom. The van der Waals surface area contributed by atoms with Gasteiger partial charge in [0.15, 0.2) is 0 Å². The molecular weight excluding hydrogens is 328 g/mol. The van der Waals surface area contributed by atoms with E-state index in [4.69, 9.17) is 9.47 Å². The molecule has 0 aliphatic rings.